The Hall–Kier alpha value is -2.76. The van der Waals surface area contributed by atoms with Gasteiger partial charge in [-0.15, -0.1) is 0 Å². The maximum Gasteiger partial charge on any atom is 0.229 e. The fraction of sp³-hybridized carbons (Fsp3) is 0.400. The Bertz CT molecular complexity index is 932. The molecule has 0 spiro atoms. The van der Waals surface area contributed by atoms with Gasteiger partial charge in [-0.3, -0.25) is 0 Å². The van der Waals surface area contributed by atoms with Crippen LogP contribution < -0.4 is 9.47 Å². The molecule has 162 valence electrons. The average molecular weight is 422 g/mol. The van der Waals surface area contributed by atoms with Crippen LogP contribution in [0, 0.1) is 0 Å². The number of phenols is 3. The SMILES string of the molecule is OC[C@H]1O[C@@H](Oc2cc(O)c3c(c2)O[C@H](c2ccc(O)c(O)c2)[C@@H](O)C3)[C@H](O)[C@H]1O. The standard InChI is InChI=1S/C20H22O10/c21-7-16-17(26)18(27)20(30-16)28-9-4-12(23)10-6-14(25)19(29-15(10)5-9)8-1-2-11(22)13(24)3-8/h1-5,14,16-27H,6-7H2/t14-,16+,17-,18+,19+,20+/m0/s1. The fourth-order valence-corrected chi connectivity index (χ4v) is 3.62. The molecule has 7 N–H and O–H groups in total. The van der Waals surface area contributed by atoms with Gasteiger partial charge in [0.25, 0.3) is 0 Å². The Morgan fingerprint density at radius 3 is 2.37 bits per heavy atom. The first-order valence-electron chi connectivity index (χ1n) is 9.30. The van der Waals surface area contributed by atoms with E-state index in [1.54, 1.807) is 0 Å². The second kappa shape index (κ2) is 7.82. The number of phenolic OH excluding ortho intramolecular Hbond substituents is 3. The maximum atomic E-state index is 10.5. The van der Waals surface area contributed by atoms with Gasteiger partial charge in [-0.2, -0.15) is 0 Å². The van der Waals surface area contributed by atoms with Crippen LogP contribution in [0.15, 0.2) is 30.3 Å². The van der Waals surface area contributed by atoms with E-state index in [4.69, 9.17) is 14.2 Å². The summed E-state index contributed by atoms with van der Waals surface area (Å²) in [5, 5.41) is 69.0. The van der Waals surface area contributed by atoms with Gasteiger partial charge in [0.1, 0.15) is 41.7 Å². The Balaban J connectivity index is 1.59. The van der Waals surface area contributed by atoms with Crippen LogP contribution in [0.25, 0.3) is 0 Å². The van der Waals surface area contributed by atoms with Gasteiger partial charge in [-0.05, 0) is 17.7 Å². The van der Waals surface area contributed by atoms with E-state index in [9.17, 15) is 35.7 Å². The molecule has 0 radical (unpaired) electrons. The predicted molar refractivity (Wildman–Crippen MR) is 99.3 cm³/mol. The molecule has 0 unspecified atom stereocenters. The van der Waals surface area contributed by atoms with Gasteiger partial charge in [0.2, 0.25) is 6.29 Å². The summed E-state index contributed by atoms with van der Waals surface area (Å²) in [6, 6.07) is 6.73. The molecule has 0 amide bonds. The lowest BCUT2D eigenvalue weighted by Crippen LogP contribution is -2.35. The van der Waals surface area contributed by atoms with E-state index in [1.807, 2.05) is 0 Å². The Morgan fingerprint density at radius 2 is 1.70 bits per heavy atom. The number of hydrogen-bond acceptors (Lipinski definition) is 10. The lowest BCUT2D eigenvalue weighted by Gasteiger charge is -2.32. The zero-order valence-electron chi connectivity index (χ0n) is 15.6. The van der Waals surface area contributed by atoms with Crippen molar-refractivity contribution < 1.29 is 50.0 Å². The van der Waals surface area contributed by atoms with Gasteiger partial charge >= 0.3 is 0 Å². The summed E-state index contributed by atoms with van der Waals surface area (Å²) in [6.07, 6.45) is -6.86. The number of aliphatic hydroxyl groups excluding tert-OH is 4. The molecule has 10 heteroatoms. The van der Waals surface area contributed by atoms with Gasteiger partial charge in [0, 0.05) is 24.1 Å². The van der Waals surface area contributed by atoms with Crippen LogP contribution in [-0.2, 0) is 11.2 Å². The van der Waals surface area contributed by atoms with Crippen molar-refractivity contribution in [2.45, 2.75) is 43.2 Å². The second-order valence-electron chi connectivity index (χ2n) is 7.30. The first-order chi connectivity index (χ1) is 14.3. The summed E-state index contributed by atoms with van der Waals surface area (Å²) in [6.45, 7) is -0.504. The minimum absolute atomic E-state index is 0.0571. The summed E-state index contributed by atoms with van der Waals surface area (Å²) < 4.78 is 16.6. The largest absolute Gasteiger partial charge is 0.507 e. The molecule has 2 aliphatic heterocycles. The maximum absolute atomic E-state index is 10.5. The third-order valence-corrected chi connectivity index (χ3v) is 5.25. The lowest BCUT2D eigenvalue weighted by atomic mass is 9.94. The number of aliphatic hydroxyl groups is 4. The molecular formula is C20H22O10. The predicted octanol–water partition coefficient (Wildman–Crippen LogP) is -0.342. The average Bonchev–Trinajstić information content (AvgIpc) is 2.98. The summed E-state index contributed by atoms with van der Waals surface area (Å²) in [5.41, 5.74) is 0.757. The van der Waals surface area contributed by atoms with E-state index in [-0.39, 0.29) is 35.2 Å². The Morgan fingerprint density at radius 1 is 0.933 bits per heavy atom. The quantitative estimate of drug-likeness (QED) is 0.324. The van der Waals surface area contributed by atoms with Crippen LogP contribution >= 0.6 is 0 Å². The van der Waals surface area contributed by atoms with Crippen molar-refractivity contribution in [2.75, 3.05) is 6.61 Å². The summed E-state index contributed by atoms with van der Waals surface area (Å²) in [7, 11) is 0. The number of fused-ring (bicyclic) bond motifs is 1. The molecule has 30 heavy (non-hydrogen) atoms. The topological polar surface area (TPSA) is 169 Å². The van der Waals surface area contributed by atoms with Crippen LogP contribution in [0.5, 0.6) is 28.7 Å². The van der Waals surface area contributed by atoms with E-state index in [0.717, 1.165) is 0 Å². The molecule has 2 aromatic carbocycles. The van der Waals surface area contributed by atoms with E-state index >= 15 is 0 Å². The van der Waals surface area contributed by atoms with Crippen molar-refractivity contribution >= 4 is 0 Å². The summed E-state index contributed by atoms with van der Waals surface area (Å²) >= 11 is 0. The number of rotatable bonds is 4. The third-order valence-electron chi connectivity index (χ3n) is 5.25. The normalized spacial score (nSPS) is 30.5. The molecule has 10 nitrogen and oxygen atoms in total. The van der Waals surface area contributed by atoms with Gasteiger partial charge in [0.05, 0.1) is 12.7 Å². The molecule has 2 aliphatic rings. The molecule has 2 aromatic rings. The highest BCUT2D eigenvalue weighted by atomic mass is 16.7. The zero-order chi connectivity index (χ0) is 21.6. The molecule has 0 aliphatic carbocycles. The molecule has 0 saturated carbocycles. The fourth-order valence-electron chi connectivity index (χ4n) is 3.62. The number of ether oxygens (including phenoxy) is 3. The van der Waals surface area contributed by atoms with Gasteiger partial charge in [0.15, 0.2) is 11.5 Å². The molecule has 6 atom stereocenters. The van der Waals surface area contributed by atoms with Crippen molar-refractivity contribution in [3.8, 4) is 28.7 Å². The number of aromatic hydroxyl groups is 3. The highest BCUT2D eigenvalue weighted by Gasteiger charge is 2.44. The van der Waals surface area contributed by atoms with Crippen molar-refractivity contribution in [1.82, 2.24) is 0 Å². The van der Waals surface area contributed by atoms with Crippen molar-refractivity contribution in [3.05, 3.63) is 41.5 Å². The number of hydrogen-bond donors (Lipinski definition) is 7. The lowest BCUT2D eigenvalue weighted by molar-refractivity contribution is -0.116. The smallest absolute Gasteiger partial charge is 0.229 e. The van der Waals surface area contributed by atoms with E-state index in [1.165, 1.54) is 30.3 Å². The van der Waals surface area contributed by atoms with E-state index in [2.05, 4.69) is 0 Å². The minimum Gasteiger partial charge on any atom is -0.507 e. The highest BCUT2D eigenvalue weighted by molar-refractivity contribution is 5.52. The molecule has 0 bridgehead atoms. The van der Waals surface area contributed by atoms with Crippen LogP contribution in [0.1, 0.15) is 17.2 Å². The third kappa shape index (κ3) is 3.59. The van der Waals surface area contributed by atoms with Crippen LogP contribution in [0.3, 0.4) is 0 Å². The van der Waals surface area contributed by atoms with Crippen LogP contribution in [0.2, 0.25) is 0 Å². The first kappa shape index (κ1) is 20.5. The van der Waals surface area contributed by atoms with Crippen LogP contribution in [0.4, 0.5) is 0 Å². The molecule has 4 rings (SSSR count). The molecule has 1 fully saturated rings. The Labute approximate surface area is 170 Å². The molecular weight excluding hydrogens is 400 g/mol. The Kier molecular flexibility index (Phi) is 5.35. The molecule has 0 aromatic heterocycles. The van der Waals surface area contributed by atoms with Gasteiger partial charge in [-0.1, -0.05) is 6.07 Å². The monoisotopic (exact) mass is 422 g/mol. The first-order valence-corrected chi connectivity index (χ1v) is 9.30. The van der Waals surface area contributed by atoms with Crippen LogP contribution in [-0.4, -0.2) is 73.1 Å². The minimum atomic E-state index is -1.41. The zero-order valence-corrected chi connectivity index (χ0v) is 15.6. The van der Waals surface area contributed by atoms with Gasteiger partial charge < -0.3 is 50.0 Å². The van der Waals surface area contributed by atoms with E-state index < -0.39 is 43.4 Å². The summed E-state index contributed by atoms with van der Waals surface area (Å²) in [4.78, 5) is 0. The van der Waals surface area contributed by atoms with Gasteiger partial charge in [-0.25, -0.2) is 0 Å². The molecule has 1 saturated heterocycles. The summed E-state index contributed by atoms with van der Waals surface area (Å²) in [5.74, 6) is -0.598. The van der Waals surface area contributed by atoms with E-state index in [0.29, 0.717) is 11.1 Å². The second-order valence-corrected chi connectivity index (χ2v) is 7.30. The van der Waals surface area contributed by atoms with Crippen molar-refractivity contribution in [2.24, 2.45) is 0 Å². The van der Waals surface area contributed by atoms with Crippen molar-refractivity contribution in [3.63, 3.8) is 0 Å². The molecule has 2 heterocycles. The van der Waals surface area contributed by atoms with Crippen molar-refractivity contribution in [1.29, 1.82) is 0 Å². The number of benzene rings is 2. The highest BCUT2D eigenvalue weighted by Crippen LogP contribution is 2.43.